The standard InChI is InChI=1S/C36H47N7O2/c1-35(2,3)25-19-24(22-41(5)6)20-26(21-25)37-34(44)38-30-14-15-31(29-12-9-8-11-28(29)30)45-27-13-16-32-39-40-33(43(32)23-27)36(4)17-10-18-42(36)7/h8-9,11-13,16,19-21,23,30-31H,10,14-15,17-18,22H2,1-7H3,(H2,37,38,44)/t30-,31+,36-/m0/s1. The van der Waals surface area contributed by atoms with Gasteiger partial charge in [-0.15, -0.1) is 10.2 Å². The van der Waals surface area contributed by atoms with Crippen LogP contribution >= 0.6 is 0 Å². The number of pyridine rings is 1. The number of nitrogens with zero attached hydrogens (tertiary/aromatic N) is 5. The van der Waals surface area contributed by atoms with Crippen molar-refractivity contribution < 1.29 is 9.53 Å². The molecule has 2 aliphatic rings. The van der Waals surface area contributed by atoms with Gasteiger partial charge in [0.25, 0.3) is 0 Å². The average Bonchev–Trinajstić information content (AvgIpc) is 3.56. The molecule has 9 nitrogen and oxygen atoms in total. The number of aromatic nitrogens is 3. The van der Waals surface area contributed by atoms with Crippen molar-refractivity contribution in [1.82, 2.24) is 29.7 Å². The summed E-state index contributed by atoms with van der Waals surface area (Å²) in [5, 5.41) is 15.4. The Morgan fingerprint density at radius 3 is 2.56 bits per heavy atom. The molecule has 0 saturated carbocycles. The van der Waals surface area contributed by atoms with Crippen LogP contribution in [-0.2, 0) is 17.5 Å². The summed E-state index contributed by atoms with van der Waals surface area (Å²) >= 11 is 0. The summed E-state index contributed by atoms with van der Waals surface area (Å²) in [4.78, 5) is 17.9. The van der Waals surface area contributed by atoms with Crippen LogP contribution in [0, 0.1) is 0 Å². The van der Waals surface area contributed by atoms with E-state index in [9.17, 15) is 4.79 Å². The van der Waals surface area contributed by atoms with Crippen molar-refractivity contribution in [2.75, 3.05) is 33.0 Å². The van der Waals surface area contributed by atoms with Crippen LogP contribution < -0.4 is 15.4 Å². The predicted molar refractivity (Wildman–Crippen MR) is 179 cm³/mol. The van der Waals surface area contributed by atoms with Crippen LogP contribution in [0.5, 0.6) is 5.75 Å². The number of hydrogen-bond donors (Lipinski definition) is 2. The van der Waals surface area contributed by atoms with Gasteiger partial charge in [0.05, 0.1) is 17.8 Å². The van der Waals surface area contributed by atoms with E-state index in [1.54, 1.807) is 0 Å². The Labute approximate surface area is 267 Å². The smallest absolute Gasteiger partial charge is 0.319 e. The fourth-order valence-corrected chi connectivity index (χ4v) is 6.85. The van der Waals surface area contributed by atoms with E-state index in [-0.39, 0.29) is 29.1 Å². The highest BCUT2D eigenvalue weighted by atomic mass is 16.5. The van der Waals surface area contributed by atoms with E-state index in [0.717, 1.165) is 72.8 Å². The number of carbonyl (C=O) groups excluding carboxylic acids is 1. The van der Waals surface area contributed by atoms with E-state index < -0.39 is 0 Å². The minimum absolute atomic E-state index is 0.0299. The molecule has 0 spiro atoms. The molecule has 0 radical (unpaired) electrons. The Bertz CT molecular complexity index is 1690. The Balaban J connectivity index is 1.19. The summed E-state index contributed by atoms with van der Waals surface area (Å²) in [5.74, 6) is 1.73. The van der Waals surface area contributed by atoms with Crippen molar-refractivity contribution in [3.63, 3.8) is 0 Å². The molecule has 2 N–H and O–H groups in total. The van der Waals surface area contributed by atoms with Gasteiger partial charge in [-0.3, -0.25) is 9.30 Å². The maximum atomic E-state index is 13.4. The third kappa shape index (κ3) is 6.42. The van der Waals surface area contributed by atoms with Gasteiger partial charge in [0.2, 0.25) is 0 Å². The number of carbonyl (C=O) groups is 1. The third-order valence-electron chi connectivity index (χ3n) is 9.49. The van der Waals surface area contributed by atoms with Crippen molar-refractivity contribution in [2.24, 2.45) is 0 Å². The van der Waals surface area contributed by atoms with E-state index in [1.807, 2.05) is 30.5 Å². The zero-order chi connectivity index (χ0) is 31.9. The number of nitrogens with one attached hydrogen (secondary N) is 2. The van der Waals surface area contributed by atoms with Crippen molar-refractivity contribution in [1.29, 1.82) is 0 Å². The van der Waals surface area contributed by atoms with E-state index in [4.69, 9.17) is 4.74 Å². The monoisotopic (exact) mass is 609 g/mol. The number of fused-ring (bicyclic) bond motifs is 2. The van der Waals surface area contributed by atoms with Gasteiger partial charge in [-0.05, 0) is 112 Å². The molecule has 1 aliphatic carbocycles. The molecule has 3 atom stereocenters. The van der Waals surface area contributed by atoms with Gasteiger partial charge in [0.15, 0.2) is 11.5 Å². The van der Waals surface area contributed by atoms with E-state index in [0.29, 0.717) is 0 Å². The first-order valence-corrected chi connectivity index (χ1v) is 16.1. The van der Waals surface area contributed by atoms with Crippen LogP contribution in [0.3, 0.4) is 0 Å². The Morgan fingerprint density at radius 1 is 1.07 bits per heavy atom. The number of urea groups is 1. The molecule has 4 aromatic rings. The highest BCUT2D eigenvalue weighted by Gasteiger charge is 2.40. The molecular formula is C36H47N7O2. The van der Waals surface area contributed by atoms with Crippen LogP contribution in [0.25, 0.3) is 5.65 Å². The second-order valence-electron chi connectivity index (χ2n) is 14.3. The van der Waals surface area contributed by atoms with Gasteiger partial charge in [0.1, 0.15) is 11.9 Å². The van der Waals surface area contributed by atoms with Crippen LogP contribution in [0.1, 0.15) is 93.6 Å². The van der Waals surface area contributed by atoms with Gasteiger partial charge in [-0.1, -0.05) is 51.1 Å². The van der Waals surface area contributed by atoms with Crippen LogP contribution in [0.15, 0.2) is 60.8 Å². The molecule has 0 unspecified atom stereocenters. The van der Waals surface area contributed by atoms with Crippen molar-refractivity contribution in [3.05, 3.63) is 88.9 Å². The number of anilines is 1. The molecule has 45 heavy (non-hydrogen) atoms. The molecule has 6 rings (SSSR count). The first kappa shape index (κ1) is 31.0. The Hall–Kier alpha value is -3.95. The maximum Gasteiger partial charge on any atom is 0.319 e. The lowest BCUT2D eigenvalue weighted by atomic mass is 9.85. The largest absolute Gasteiger partial charge is 0.484 e. The number of ether oxygens (including phenoxy) is 1. The molecule has 9 heteroatoms. The van der Waals surface area contributed by atoms with Crippen LogP contribution in [0.4, 0.5) is 10.5 Å². The van der Waals surface area contributed by atoms with Crippen LogP contribution in [-0.4, -0.2) is 58.1 Å². The lowest BCUT2D eigenvalue weighted by Crippen LogP contribution is -2.37. The molecule has 2 amide bonds. The Kier molecular flexibility index (Phi) is 8.35. The lowest BCUT2D eigenvalue weighted by Gasteiger charge is -2.32. The number of likely N-dealkylation sites (tertiary alicyclic amines) is 1. The number of benzene rings is 2. The van der Waals surface area contributed by atoms with Gasteiger partial charge < -0.3 is 20.3 Å². The predicted octanol–water partition coefficient (Wildman–Crippen LogP) is 6.81. The van der Waals surface area contributed by atoms with Crippen LogP contribution in [0.2, 0.25) is 0 Å². The number of hydrogen-bond acceptors (Lipinski definition) is 6. The molecule has 2 aromatic carbocycles. The fraction of sp³-hybridized carbons (Fsp3) is 0.472. The summed E-state index contributed by atoms with van der Waals surface area (Å²) in [6.45, 7) is 10.7. The summed E-state index contributed by atoms with van der Waals surface area (Å²) < 4.78 is 8.74. The molecule has 1 aliphatic heterocycles. The molecule has 0 bridgehead atoms. The van der Waals surface area contributed by atoms with E-state index in [2.05, 4.69) is 114 Å². The number of amides is 2. The second-order valence-corrected chi connectivity index (χ2v) is 14.3. The number of rotatable bonds is 7. The molecule has 1 fully saturated rings. The van der Waals surface area contributed by atoms with Gasteiger partial charge in [-0.2, -0.15) is 0 Å². The Morgan fingerprint density at radius 2 is 1.84 bits per heavy atom. The summed E-state index contributed by atoms with van der Waals surface area (Å²) in [6, 6.07) is 18.3. The van der Waals surface area contributed by atoms with E-state index >= 15 is 0 Å². The average molecular weight is 610 g/mol. The minimum Gasteiger partial charge on any atom is -0.484 e. The summed E-state index contributed by atoms with van der Waals surface area (Å²) in [7, 11) is 6.27. The zero-order valence-electron chi connectivity index (χ0n) is 27.7. The van der Waals surface area contributed by atoms with E-state index in [1.165, 1.54) is 11.1 Å². The normalized spacial score (nSPS) is 22.0. The maximum absolute atomic E-state index is 13.4. The van der Waals surface area contributed by atoms with Crippen molar-refractivity contribution >= 4 is 17.4 Å². The van der Waals surface area contributed by atoms with Gasteiger partial charge in [0, 0.05) is 12.2 Å². The first-order valence-electron chi connectivity index (χ1n) is 16.1. The highest BCUT2D eigenvalue weighted by Crippen LogP contribution is 2.40. The quantitative estimate of drug-likeness (QED) is 0.240. The summed E-state index contributed by atoms with van der Waals surface area (Å²) in [6.07, 6.45) is 5.64. The highest BCUT2D eigenvalue weighted by molar-refractivity contribution is 5.89. The first-order chi connectivity index (χ1) is 21.4. The van der Waals surface area contributed by atoms with Crippen molar-refractivity contribution in [2.45, 2.75) is 83.0 Å². The topological polar surface area (TPSA) is 87.0 Å². The fourth-order valence-electron chi connectivity index (χ4n) is 6.85. The zero-order valence-corrected chi connectivity index (χ0v) is 27.7. The lowest BCUT2D eigenvalue weighted by molar-refractivity contribution is 0.170. The molecule has 1 saturated heterocycles. The van der Waals surface area contributed by atoms with Crippen molar-refractivity contribution in [3.8, 4) is 5.75 Å². The molecule has 238 valence electrons. The molecule has 2 aromatic heterocycles. The minimum atomic E-state index is -0.202. The summed E-state index contributed by atoms with van der Waals surface area (Å²) in [5.41, 5.74) is 6.00. The second kappa shape index (κ2) is 12.1. The SMILES string of the molecule is CN(C)Cc1cc(NC(=O)N[C@H]2CC[C@@H](Oc3ccc4nnc([C@]5(C)CCCN5C)n4c3)c3ccccc32)cc(C(C)(C)C)c1. The molecule has 3 heterocycles. The molecular weight excluding hydrogens is 562 g/mol. The van der Waals surface area contributed by atoms with Gasteiger partial charge >= 0.3 is 6.03 Å². The van der Waals surface area contributed by atoms with Gasteiger partial charge in [-0.25, -0.2) is 4.79 Å². The third-order valence-corrected chi connectivity index (χ3v) is 9.49.